The summed E-state index contributed by atoms with van der Waals surface area (Å²) in [6.45, 7) is 5.51. The van der Waals surface area contributed by atoms with E-state index in [9.17, 15) is 0 Å². The highest BCUT2D eigenvalue weighted by atomic mass is 14.5. The fourth-order valence-corrected chi connectivity index (χ4v) is 4.93. The van der Waals surface area contributed by atoms with Crippen molar-refractivity contribution < 1.29 is 0 Å². The van der Waals surface area contributed by atoms with Crippen molar-refractivity contribution in [2.45, 2.75) is 181 Å². The first-order chi connectivity index (χ1) is 15.3. The Bertz CT molecular complexity index is 273. The molecule has 0 heterocycles. The summed E-state index contributed by atoms with van der Waals surface area (Å²) >= 11 is 0. The van der Waals surface area contributed by atoms with E-state index < -0.39 is 0 Å². The monoisotopic (exact) mass is 437 g/mol. The SMILES string of the molecule is CCCCCCCCCCCCCCC(CN)CCCCCCCCCCCCCC. The maximum atomic E-state index is 6.05. The molecule has 0 aliphatic carbocycles. The third kappa shape index (κ3) is 26.1. The van der Waals surface area contributed by atoms with Crippen LogP contribution >= 0.6 is 0 Å². The van der Waals surface area contributed by atoms with Crippen molar-refractivity contribution in [2.75, 3.05) is 6.54 Å². The van der Waals surface area contributed by atoms with E-state index in [1.54, 1.807) is 0 Å². The maximum Gasteiger partial charge on any atom is -0.00489 e. The molecule has 0 rings (SSSR count). The van der Waals surface area contributed by atoms with Gasteiger partial charge in [0.2, 0.25) is 0 Å². The van der Waals surface area contributed by atoms with E-state index in [2.05, 4.69) is 13.8 Å². The maximum absolute atomic E-state index is 6.05. The Hall–Kier alpha value is -0.0400. The molecule has 0 atom stereocenters. The molecule has 188 valence electrons. The summed E-state index contributed by atoms with van der Waals surface area (Å²) in [5.41, 5.74) is 6.05. The fraction of sp³-hybridized carbons (Fsp3) is 1.00. The van der Waals surface area contributed by atoms with Crippen molar-refractivity contribution in [3.63, 3.8) is 0 Å². The molecule has 0 radical (unpaired) electrons. The van der Waals surface area contributed by atoms with Crippen molar-refractivity contribution in [2.24, 2.45) is 11.7 Å². The second kappa shape index (κ2) is 28.0. The molecule has 0 saturated heterocycles. The minimum atomic E-state index is 0.797. The lowest BCUT2D eigenvalue weighted by Crippen LogP contribution is -2.14. The Labute approximate surface area is 199 Å². The zero-order valence-electron chi connectivity index (χ0n) is 22.2. The van der Waals surface area contributed by atoms with Crippen molar-refractivity contribution in [1.82, 2.24) is 0 Å². The second-order valence-electron chi connectivity index (χ2n) is 10.5. The van der Waals surface area contributed by atoms with E-state index >= 15 is 0 Å². The molecule has 31 heavy (non-hydrogen) atoms. The molecule has 0 unspecified atom stereocenters. The standard InChI is InChI=1S/C30H63N/c1-3-5-7-9-11-13-15-17-19-21-23-25-27-30(29-31)28-26-24-22-20-18-16-14-12-10-8-6-4-2/h30H,3-29,31H2,1-2H3. The van der Waals surface area contributed by atoms with Gasteiger partial charge in [0.05, 0.1) is 0 Å². The van der Waals surface area contributed by atoms with E-state index in [1.165, 1.54) is 167 Å². The quantitative estimate of drug-likeness (QED) is 0.127. The van der Waals surface area contributed by atoms with Gasteiger partial charge in [0, 0.05) is 0 Å². The Balaban J connectivity index is 3.26. The van der Waals surface area contributed by atoms with Gasteiger partial charge in [-0.05, 0) is 25.3 Å². The molecule has 0 amide bonds. The highest BCUT2D eigenvalue weighted by molar-refractivity contribution is 4.61. The molecule has 0 aromatic heterocycles. The third-order valence-corrected chi connectivity index (χ3v) is 7.27. The summed E-state index contributed by atoms with van der Waals surface area (Å²) in [6, 6.07) is 0. The zero-order valence-corrected chi connectivity index (χ0v) is 22.2. The first kappa shape index (κ1) is 31.0. The van der Waals surface area contributed by atoms with Gasteiger partial charge in [-0.15, -0.1) is 0 Å². The summed E-state index contributed by atoms with van der Waals surface area (Å²) in [5.74, 6) is 0.797. The van der Waals surface area contributed by atoms with Gasteiger partial charge >= 0.3 is 0 Å². The molecule has 0 aromatic rings. The largest absolute Gasteiger partial charge is 0.330 e. The molecule has 0 aliphatic heterocycles. The Kier molecular flexibility index (Phi) is 28.0. The fourth-order valence-electron chi connectivity index (χ4n) is 4.93. The lowest BCUT2D eigenvalue weighted by molar-refractivity contribution is 0.409. The van der Waals surface area contributed by atoms with Crippen molar-refractivity contribution >= 4 is 0 Å². The van der Waals surface area contributed by atoms with Gasteiger partial charge in [0.15, 0.2) is 0 Å². The molecular formula is C30H63N. The average Bonchev–Trinajstić information content (AvgIpc) is 2.79. The number of hydrogen-bond acceptors (Lipinski definition) is 1. The van der Waals surface area contributed by atoms with E-state index in [-0.39, 0.29) is 0 Å². The van der Waals surface area contributed by atoms with Crippen LogP contribution in [0.2, 0.25) is 0 Å². The number of rotatable bonds is 27. The summed E-state index contributed by atoms with van der Waals surface area (Å²) in [4.78, 5) is 0. The molecule has 0 fully saturated rings. The molecule has 2 N–H and O–H groups in total. The molecule has 0 saturated carbocycles. The lowest BCUT2D eigenvalue weighted by atomic mass is 9.94. The molecule has 1 nitrogen and oxygen atoms in total. The average molecular weight is 438 g/mol. The van der Waals surface area contributed by atoms with Gasteiger partial charge in [-0.2, -0.15) is 0 Å². The number of nitrogens with two attached hydrogens (primary N) is 1. The highest BCUT2D eigenvalue weighted by Crippen LogP contribution is 2.19. The van der Waals surface area contributed by atoms with Gasteiger partial charge in [-0.1, -0.05) is 168 Å². The lowest BCUT2D eigenvalue weighted by Gasteiger charge is -2.14. The Morgan fingerprint density at radius 1 is 0.355 bits per heavy atom. The predicted octanol–water partition coefficient (Wildman–Crippen LogP) is 10.7. The summed E-state index contributed by atoms with van der Waals surface area (Å²) in [5, 5.41) is 0. The van der Waals surface area contributed by atoms with Crippen LogP contribution in [0.1, 0.15) is 181 Å². The van der Waals surface area contributed by atoms with Gasteiger partial charge < -0.3 is 5.73 Å². The topological polar surface area (TPSA) is 26.0 Å². The van der Waals surface area contributed by atoms with E-state index in [1.807, 2.05) is 0 Å². The van der Waals surface area contributed by atoms with Crippen LogP contribution in [0.4, 0.5) is 0 Å². The summed E-state index contributed by atoms with van der Waals surface area (Å²) < 4.78 is 0. The number of hydrogen-bond donors (Lipinski definition) is 1. The molecule has 0 aromatic carbocycles. The van der Waals surface area contributed by atoms with E-state index in [4.69, 9.17) is 5.73 Å². The molecule has 0 spiro atoms. The van der Waals surface area contributed by atoms with Crippen LogP contribution in [-0.2, 0) is 0 Å². The van der Waals surface area contributed by atoms with Gasteiger partial charge in [0.1, 0.15) is 0 Å². The zero-order chi connectivity index (χ0) is 22.7. The van der Waals surface area contributed by atoms with Crippen LogP contribution in [0.5, 0.6) is 0 Å². The first-order valence-corrected chi connectivity index (χ1v) is 15.0. The predicted molar refractivity (Wildman–Crippen MR) is 144 cm³/mol. The minimum Gasteiger partial charge on any atom is -0.330 e. The second-order valence-corrected chi connectivity index (χ2v) is 10.5. The van der Waals surface area contributed by atoms with Gasteiger partial charge in [0.25, 0.3) is 0 Å². The van der Waals surface area contributed by atoms with Crippen LogP contribution in [0.3, 0.4) is 0 Å². The van der Waals surface area contributed by atoms with Gasteiger partial charge in [-0.25, -0.2) is 0 Å². The Morgan fingerprint density at radius 2 is 0.581 bits per heavy atom. The first-order valence-electron chi connectivity index (χ1n) is 15.0. The number of unbranched alkanes of at least 4 members (excludes halogenated alkanes) is 22. The van der Waals surface area contributed by atoms with Crippen LogP contribution in [0.25, 0.3) is 0 Å². The van der Waals surface area contributed by atoms with Gasteiger partial charge in [-0.3, -0.25) is 0 Å². The van der Waals surface area contributed by atoms with Crippen molar-refractivity contribution in [1.29, 1.82) is 0 Å². The molecule has 0 bridgehead atoms. The molecule has 0 aliphatic rings. The van der Waals surface area contributed by atoms with Crippen molar-refractivity contribution in [3.05, 3.63) is 0 Å². The molecular weight excluding hydrogens is 374 g/mol. The van der Waals surface area contributed by atoms with Crippen LogP contribution in [-0.4, -0.2) is 6.54 Å². The highest BCUT2D eigenvalue weighted by Gasteiger charge is 2.06. The van der Waals surface area contributed by atoms with E-state index in [0.717, 1.165) is 12.5 Å². The summed E-state index contributed by atoms with van der Waals surface area (Å²) in [6.07, 6.45) is 37.5. The van der Waals surface area contributed by atoms with Crippen molar-refractivity contribution in [3.8, 4) is 0 Å². The van der Waals surface area contributed by atoms with Crippen LogP contribution in [0.15, 0.2) is 0 Å². The normalized spacial score (nSPS) is 11.6. The van der Waals surface area contributed by atoms with Crippen LogP contribution in [0, 0.1) is 5.92 Å². The Morgan fingerprint density at radius 3 is 0.806 bits per heavy atom. The minimum absolute atomic E-state index is 0.797. The molecule has 1 heteroatoms. The smallest absolute Gasteiger partial charge is 0.00489 e. The third-order valence-electron chi connectivity index (χ3n) is 7.27. The summed E-state index contributed by atoms with van der Waals surface area (Å²) in [7, 11) is 0. The van der Waals surface area contributed by atoms with Crippen LogP contribution < -0.4 is 5.73 Å². The van der Waals surface area contributed by atoms with E-state index in [0.29, 0.717) is 0 Å².